The maximum absolute atomic E-state index is 12.0. The number of nitrogens with two attached hydrogens (primary N) is 1. The number of para-hydroxylation sites is 1. The van der Waals surface area contributed by atoms with E-state index in [0.29, 0.717) is 24.6 Å². The summed E-state index contributed by atoms with van der Waals surface area (Å²) in [6.45, 7) is 8.46. The predicted octanol–water partition coefficient (Wildman–Crippen LogP) is 2.88. The van der Waals surface area contributed by atoms with Crippen molar-refractivity contribution in [2.24, 2.45) is 11.7 Å². The number of hydrogen-bond acceptors (Lipinski definition) is 3. The lowest BCUT2D eigenvalue weighted by atomic mass is 10.1. The molecule has 0 aliphatic rings. The van der Waals surface area contributed by atoms with Crippen LogP contribution in [0.5, 0.6) is 5.75 Å². The normalized spacial score (nSPS) is 13.9. The zero-order valence-corrected chi connectivity index (χ0v) is 14.7. The van der Waals surface area contributed by atoms with Crippen LogP contribution >= 0.6 is 15.9 Å². The van der Waals surface area contributed by atoms with Crippen LogP contribution in [-0.4, -0.2) is 24.6 Å². The molecule has 0 fully saturated rings. The van der Waals surface area contributed by atoms with E-state index in [9.17, 15) is 4.79 Å². The Kier molecular flexibility index (Phi) is 7.18. The molecule has 1 rings (SSSR count). The fourth-order valence-corrected chi connectivity index (χ4v) is 2.37. The van der Waals surface area contributed by atoms with Crippen LogP contribution in [0.1, 0.15) is 33.3 Å². The molecule has 118 valence electrons. The van der Waals surface area contributed by atoms with Gasteiger partial charge < -0.3 is 15.8 Å². The van der Waals surface area contributed by atoms with Gasteiger partial charge in [0.05, 0.1) is 4.47 Å². The highest BCUT2D eigenvalue weighted by molar-refractivity contribution is 9.10. The van der Waals surface area contributed by atoms with Gasteiger partial charge in [0.2, 0.25) is 0 Å². The van der Waals surface area contributed by atoms with Crippen molar-refractivity contribution in [3.8, 4) is 5.75 Å². The van der Waals surface area contributed by atoms with Gasteiger partial charge in [-0.1, -0.05) is 26.0 Å². The molecule has 0 saturated heterocycles. The highest BCUT2D eigenvalue weighted by Gasteiger charge is 2.18. The summed E-state index contributed by atoms with van der Waals surface area (Å²) in [7, 11) is 0. The smallest absolute Gasteiger partial charge is 0.260 e. The van der Waals surface area contributed by atoms with Crippen molar-refractivity contribution in [1.29, 1.82) is 0 Å². The fourth-order valence-electron chi connectivity index (χ4n) is 1.87. The van der Waals surface area contributed by atoms with Gasteiger partial charge in [0.15, 0.2) is 6.10 Å². The van der Waals surface area contributed by atoms with Gasteiger partial charge in [-0.25, -0.2) is 0 Å². The molecule has 0 aliphatic heterocycles. The highest BCUT2D eigenvalue weighted by Crippen LogP contribution is 2.30. The average molecular weight is 357 g/mol. The molecule has 0 saturated carbocycles. The largest absolute Gasteiger partial charge is 0.479 e. The second-order valence-electron chi connectivity index (χ2n) is 5.81. The number of hydrogen-bond donors (Lipinski definition) is 2. The van der Waals surface area contributed by atoms with Crippen molar-refractivity contribution in [3.05, 3.63) is 28.2 Å². The lowest BCUT2D eigenvalue weighted by Gasteiger charge is -2.19. The Bertz CT molecular complexity index is 475. The molecule has 0 aliphatic carbocycles. The number of amides is 1. The summed E-state index contributed by atoms with van der Waals surface area (Å²) in [6, 6.07) is 5.85. The Morgan fingerprint density at radius 2 is 2.00 bits per heavy atom. The lowest BCUT2D eigenvalue weighted by molar-refractivity contribution is -0.127. The van der Waals surface area contributed by atoms with Crippen molar-refractivity contribution < 1.29 is 9.53 Å². The third-order valence-corrected chi connectivity index (χ3v) is 3.56. The van der Waals surface area contributed by atoms with Crippen molar-refractivity contribution in [3.63, 3.8) is 0 Å². The van der Waals surface area contributed by atoms with Crippen LogP contribution in [0.3, 0.4) is 0 Å². The predicted molar refractivity (Wildman–Crippen MR) is 89.4 cm³/mol. The fraction of sp³-hybridized carbons (Fsp3) is 0.562. The third kappa shape index (κ3) is 6.06. The first kappa shape index (κ1) is 18.0. The summed E-state index contributed by atoms with van der Waals surface area (Å²) in [5.74, 6) is 1.01. The van der Waals surface area contributed by atoms with E-state index in [0.717, 1.165) is 10.0 Å². The summed E-state index contributed by atoms with van der Waals surface area (Å²) in [4.78, 5) is 12.0. The van der Waals surface area contributed by atoms with E-state index >= 15 is 0 Å². The quantitative estimate of drug-likeness (QED) is 0.789. The Morgan fingerprint density at radius 3 is 2.57 bits per heavy atom. The van der Waals surface area contributed by atoms with Crippen LogP contribution in [0.25, 0.3) is 0 Å². The van der Waals surface area contributed by atoms with Crippen molar-refractivity contribution in [1.82, 2.24) is 5.32 Å². The second-order valence-corrected chi connectivity index (χ2v) is 6.66. The number of halogens is 1. The molecule has 3 N–H and O–H groups in total. The van der Waals surface area contributed by atoms with E-state index in [1.165, 1.54) is 0 Å². The summed E-state index contributed by atoms with van der Waals surface area (Å²) in [5, 5.41) is 2.88. The number of ether oxygens (including phenoxy) is 1. The zero-order chi connectivity index (χ0) is 16.0. The van der Waals surface area contributed by atoms with Crippen LogP contribution in [0.2, 0.25) is 0 Å². The summed E-state index contributed by atoms with van der Waals surface area (Å²) in [6.07, 6.45) is 0.157. The second kappa shape index (κ2) is 8.39. The van der Waals surface area contributed by atoms with Crippen molar-refractivity contribution in [2.45, 2.75) is 46.3 Å². The van der Waals surface area contributed by atoms with Gasteiger partial charge in [-0.2, -0.15) is 0 Å². The van der Waals surface area contributed by atoms with Gasteiger partial charge in [-0.3, -0.25) is 4.79 Å². The van der Waals surface area contributed by atoms with Crippen LogP contribution in [0, 0.1) is 5.92 Å². The van der Waals surface area contributed by atoms with Crippen LogP contribution in [0.15, 0.2) is 22.7 Å². The first-order valence-electron chi connectivity index (χ1n) is 7.28. The number of rotatable bonds is 7. The molecule has 1 amide bonds. The molecule has 5 heteroatoms. The summed E-state index contributed by atoms with van der Waals surface area (Å²) < 4.78 is 6.69. The van der Waals surface area contributed by atoms with Crippen LogP contribution in [0.4, 0.5) is 0 Å². The van der Waals surface area contributed by atoms with Gasteiger partial charge in [-0.05, 0) is 53.7 Å². The molecule has 4 nitrogen and oxygen atoms in total. The third-order valence-electron chi connectivity index (χ3n) is 2.94. The van der Waals surface area contributed by atoms with Crippen LogP contribution in [-0.2, 0) is 11.2 Å². The Labute approximate surface area is 135 Å². The van der Waals surface area contributed by atoms with E-state index < -0.39 is 6.10 Å². The van der Waals surface area contributed by atoms with E-state index in [1.54, 1.807) is 6.92 Å². The minimum atomic E-state index is -0.547. The standard InChI is InChI=1S/C16H25BrN2O2/c1-10(2)9-19-16(20)12(4)21-15-13(8-11(3)18)6-5-7-14(15)17/h5-7,10-12H,8-9,18H2,1-4H3,(H,19,20). The summed E-state index contributed by atoms with van der Waals surface area (Å²) >= 11 is 3.48. The minimum Gasteiger partial charge on any atom is -0.479 e. The van der Waals surface area contributed by atoms with Gasteiger partial charge in [-0.15, -0.1) is 0 Å². The van der Waals surface area contributed by atoms with Gasteiger partial charge >= 0.3 is 0 Å². The number of benzene rings is 1. The lowest BCUT2D eigenvalue weighted by Crippen LogP contribution is -2.38. The number of nitrogens with one attached hydrogen (secondary N) is 1. The van der Waals surface area contributed by atoms with Gasteiger partial charge in [0, 0.05) is 12.6 Å². The molecule has 21 heavy (non-hydrogen) atoms. The van der Waals surface area contributed by atoms with Crippen molar-refractivity contribution >= 4 is 21.8 Å². The minimum absolute atomic E-state index is 0.0340. The number of carbonyl (C=O) groups excluding carboxylic acids is 1. The SMILES string of the molecule is CC(C)CNC(=O)C(C)Oc1c(Br)cccc1CC(C)N. The molecule has 2 unspecified atom stereocenters. The maximum atomic E-state index is 12.0. The molecule has 2 atom stereocenters. The molecular weight excluding hydrogens is 332 g/mol. The maximum Gasteiger partial charge on any atom is 0.260 e. The van der Waals surface area contributed by atoms with E-state index in [1.807, 2.05) is 25.1 Å². The Morgan fingerprint density at radius 1 is 1.33 bits per heavy atom. The molecule has 0 bridgehead atoms. The molecule has 0 aromatic heterocycles. The Balaban J connectivity index is 2.79. The monoisotopic (exact) mass is 356 g/mol. The highest BCUT2D eigenvalue weighted by atomic mass is 79.9. The topological polar surface area (TPSA) is 64.3 Å². The molecular formula is C16H25BrN2O2. The van der Waals surface area contributed by atoms with Gasteiger partial charge in [0.1, 0.15) is 5.75 Å². The van der Waals surface area contributed by atoms with Gasteiger partial charge in [0.25, 0.3) is 5.91 Å². The van der Waals surface area contributed by atoms with E-state index in [4.69, 9.17) is 10.5 Å². The average Bonchev–Trinajstić information content (AvgIpc) is 2.39. The Hall–Kier alpha value is -1.07. The molecule has 0 spiro atoms. The van der Waals surface area contributed by atoms with E-state index in [2.05, 4.69) is 35.1 Å². The van der Waals surface area contributed by atoms with Crippen molar-refractivity contribution in [2.75, 3.05) is 6.54 Å². The number of carbonyl (C=O) groups is 1. The summed E-state index contributed by atoms with van der Waals surface area (Å²) in [5.41, 5.74) is 6.87. The molecule has 0 heterocycles. The first-order chi connectivity index (χ1) is 9.81. The zero-order valence-electron chi connectivity index (χ0n) is 13.2. The van der Waals surface area contributed by atoms with E-state index in [-0.39, 0.29) is 11.9 Å². The molecule has 0 radical (unpaired) electrons. The van der Waals surface area contributed by atoms with Crippen LogP contribution < -0.4 is 15.8 Å². The molecule has 1 aromatic carbocycles. The molecule has 1 aromatic rings. The first-order valence-corrected chi connectivity index (χ1v) is 8.07.